The van der Waals surface area contributed by atoms with E-state index in [2.05, 4.69) is 131 Å². The van der Waals surface area contributed by atoms with Gasteiger partial charge in [-0.1, -0.05) is 72.8 Å². The van der Waals surface area contributed by atoms with Crippen molar-refractivity contribution in [1.29, 1.82) is 0 Å². The molecule has 2 nitrogen and oxygen atoms in total. The molecule has 0 aliphatic carbocycles. The van der Waals surface area contributed by atoms with Crippen molar-refractivity contribution in [3.05, 3.63) is 121 Å². The van der Waals surface area contributed by atoms with Gasteiger partial charge in [0.25, 0.3) is 0 Å². The number of nitrogens with zero attached hydrogens (tertiary/aromatic N) is 2. The molecule has 0 radical (unpaired) electrons. The van der Waals surface area contributed by atoms with Gasteiger partial charge >= 0.3 is 0 Å². The zero-order chi connectivity index (χ0) is 25.9. The van der Waals surface area contributed by atoms with Gasteiger partial charge in [-0.3, -0.25) is 0 Å². The van der Waals surface area contributed by atoms with E-state index in [1.165, 1.54) is 84.9 Å². The lowest BCUT2D eigenvalue weighted by Gasteiger charge is -2.33. The van der Waals surface area contributed by atoms with E-state index in [9.17, 15) is 0 Å². The van der Waals surface area contributed by atoms with Crippen LogP contribution in [0.2, 0.25) is 0 Å². The van der Waals surface area contributed by atoms with Crippen LogP contribution in [0.25, 0.3) is 67.8 Å². The summed E-state index contributed by atoms with van der Waals surface area (Å²) in [5.74, 6) is 0. The summed E-state index contributed by atoms with van der Waals surface area (Å²) in [6, 6.07) is 44.8. The average molecular weight is 545 g/mol. The van der Waals surface area contributed by atoms with E-state index in [0.717, 1.165) is 0 Å². The van der Waals surface area contributed by atoms with E-state index < -0.39 is 0 Å². The Hall–Kier alpha value is -4.64. The summed E-state index contributed by atoms with van der Waals surface area (Å²) in [6.45, 7) is 0. The van der Waals surface area contributed by atoms with Crippen molar-refractivity contribution < 1.29 is 0 Å². The SMILES string of the molecule is c1ccc2c(c1)N(c1cccc3c1sc1ccccc13)c1cccc3c4cc5c(cc4n-2c13)sc1ccccc15. The first-order valence-corrected chi connectivity index (χ1v) is 15.2. The maximum Gasteiger partial charge on any atom is 0.0783 e. The summed E-state index contributed by atoms with van der Waals surface area (Å²) < 4.78 is 7.84. The Morgan fingerprint density at radius 3 is 1.88 bits per heavy atom. The van der Waals surface area contributed by atoms with Crippen LogP contribution in [-0.4, -0.2) is 4.57 Å². The average Bonchev–Trinajstić information content (AvgIpc) is 3.67. The summed E-state index contributed by atoms with van der Waals surface area (Å²) >= 11 is 3.78. The number of rotatable bonds is 1. The van der Waals surface area contributed by atoms with Crippen LogP contribution in [0.15, 0.2) is 121 Å². The van der Waals surface area contributed by atoms with Crippen molar-refractivity contribution >= 4 is 102 Å². The molecule has 10 rings (SSSR count). The van der Waals surface area contributed by atoms with Crippen molar-refractivity contribution in [2.75, 3.05) is 4.90 Å². The van der Waals surface area contributed by atoms with E-state index >= 15 is 0 Å². The molecule has 40 heavy (non-hydrogen) atoms. The Morgan fingerprint density at radius 1 is 0.400 bits per heavy atom. The Balaban J connectivity index is 1.36. The van der Waals surface area contributed by atoms with Gasteiger partial charge in [0.05, 0.1) is 38.5 Å². The molecule has 0 bridgehead atoms. The normalized spacial score (nSPS) is 12.9. The number of benzene rings is 6. The fraction of sp³-hybridized carbons (Fsp3) is 0. The van der Waals surface area contributed by atoms with Crippen LogP contribution < -0.4 is 4.90 Å². The van der Waals surface area contributed by atoms with Gasteiger partial charge in [0.2, 0.25) is 0 Å². The second-order valence-corrected chi connectivity index (χ2v) is 12.7. The lowest BCUT2D eigenvalue weighted by molar-refractivity contribution is 1.12. The number of anilines is 3. The lowest BCUT2D eigenvalue weighted by Crippen LogP contribution is -2.18. The Kier molecular flexibility index (Phi) is 3.98. The van der Waals surface area contributed by atoms with Crippen LogP contribution in [0.4, 0.5) is 17.1 Å². The van der Waals surface area contributed by atoms with E-state index in [1.807, 2.05) is 22.7 Å². The highest BCUT2D eigenvalue weighted by molar-refractivity contribution is 7.26. The van der Waals surface area contributed by atoms with Crippen LogP contribution in [0.5, 0.6) is 0 Å². The minimum absolute atomic E-state index is 1.21. The highest BCUT2D eigenvalue weighted by Crippen LogP contribution is 2.53. The second-order valence-electron chi connectivity index (χ2n) is 10.5. The predicted molar refractivity (Wildman–Crippen MR) is 175 cm³/mol. The Morgan fingerprint density at radius 2 is 1.02 bits per heavy atom. The fourth-order valence-electron chi connectivity index (χ4n) is 6.84. The first kappa shape index (κ1) is 21.2. The van der Waals surface area contributed by atoms with Gasteiger partial charge in [0.15, 0.2) is 0 Å². The van der Waals surface area contributed by atoms with Crippen LogP contribution in [0.1, 0.15) is 0 Å². The second kappa shape index (κ2) is 7.51. The van der Waals surface area contributed by atoms with Crippen molar-refractivity contribution in [2.24, 2.45) is 0 Å². The molecule has 9 aromatic rings. The lowest BCUT2D eigenvalue weighted by atomic mass is 10.1. The van der Waals surface area contributed by atoms with Crippen molar-refractivity contribution in [2.45, 2.75) is 0 Å². The van der Waals surface area contributed by atoms with Gasteiger partial charge in [-0.15, -0.1) is 22.7 Å². The number of aromatic nitrogens is 1. The highest BCUT2D eigenvalue weighted by atomic mass is 32.1. The first-order valence-electron chi connectivity index (χ1n) is 13.5. The third-order valence-corrected chi connectivity index (χ3v) is 10.8. The smallest absolute Gasteiger partial charge is 0.0783 e. The highest BCUT2D eigenvalue weighted by Gasteiger charge is 2.30. The molecule has 0 N–H and O–H groups in total. The van der Waals surface area contributed by atoms with E-state index in [1.54, 1.807) is 0 Å². The van der Waals surface area contributed by atoms with Gasteiger partial charge in [-0.05, 0) is 48.5 Å². The van der Waals surface area contributed by atoms with Crippen LogP contribution in [0.3, 0.4) is 0 Å². The topological polar surface area (TPSA) is 8.17 Å². The first-order chi connectivity index (χ1) is 19.8. The molecule has 4 heterocycles. The summed E-state index contributed by atoms with van der Waals surface area (Å²) in [7, 11) is 0. The molecule has 6 aromatic carbocycles. The van der Waals surface area contributed by atoms with E-state index in [0.29, 0.717) is 0 Å². The summed E-state index contributed by atoms with van der Waals surface area (Å²) in [4.78, 5) is 2.49. The molecule has 1 aliphatic rings. The molecule has 0 saturated heterocycles. The monoisotopic (exact) mass is 544 g/mol. The van der Waals surface area contributed by atoms with E-state index in [4.69, 9.17) is 0 Å². The number of para-hydroxylation sites is 3. The molecular weight excluding hydrogens is 525 g/mol. The zero-order valence-electron chi connectivity index (χ0n) is 21.3. The van der Waals surface area contributed by atoms with Crippen LogP contribution in [0, 0.1) is 0 Å². The van der Waals surface area contributed by atoms with Crippen molar-refractivity contribution in [3.63, 3.8) is 0 Å². The largest absolute Gasteiger partial charge is 0.305 e. The molecule has 1 aliphatic heterocycles. The van der Waals surface area contributed by atoms with Gasteiger partial charge in [0.1, 0.15) is 0 Å². The van der Waals surface area contributed by atoms with Gasteiger partial charge < -0.3 is 9.47 Å². The predicted octanol–water partition coefficient (Wildman–Crippen LogP) is 11.3. The summed E-state index contributed by atoms with van der Waals surface area (Å²) in [5.41, 5.74) is 7.44. The molecule has 0 spiro atoms. The number of thiophene rings is 2. The third-order valence-electron chi connectivity index (χ3n) is 8.49. The number of fused-ring (bicyclic) bond motifs is 11. The molecule has 0 amide bonds. The van der Waals surface area contributed by atoms with Gasteiger partial charge in [-0.2, -0.15) is 0 Å². The third kappa shape index (κ3) is 2.58. The molecule has 0 fully saturated rings. The molecule has 4 heteroatoms. The molecule has 0 unspecified atom stereocenters. The standard InChI is InChI=1S/C36H20N2S2/c1-6-18-33-21(9-1)24-12-8-16-30(36(24)40-33)37-27-13-3-4-14-28(27)38-31-20-34-26(22-10-2-5-17-32(22)39-34)19-25(31)23-11-7-15-29(37)35(23)38/h1-20H. The van der Waals surface area contributed by atoms with Crippen LogP contribution in [-0.2, 0) is 0 Å². The maximum atomic E-state index is 2.50. The zero-order valence-corrected chi connectivity index (χ0v) is 22.9. The van der Waals surface area contributed by atoms with Crippen molar-refractivity contribution in [1.82, 2.24) is 4.57 Å². The van der Waals surface area contributed by atoms with E-state index in [-0.39, 0.29) is 0 Å². The maximum absolute atomic E-state index is 2.50. The molecule has 0 saturated carbocycles. The summed E-state index contributed by atoms with van der Waals surface area (Å²) in [5, 5.41) is 7.94. The quantitative estimate of drug-likeness (QED) is 0.199. The Labute approximate surface area is 237 Å². The Bertz CT molecular complexity index is 2510. The van der Waals surface area contributed by atoms with Crippen molar-refractivity contribution in [3.8, 4) is 5.69 Å². The van der Waals surface area contributed by atoms with Crippen LogP contribution >= 0.6 is 22.7 Å². The molecular formula is C36H20N2S2. The molecule has 186 valence electrons. The summed E-state index contributed by atoms with van der Waals surface area (Å²) in [6.07, 6.45) is 0. The fourth-order valence-corrected chi connectivity index (χ4v) is 9.16. The number of hydrogen-bond acceptors (Lipinski definition) is 3. The molecule has 0 atom stereocenters. The van der Waals surface area contributed by atoms with Gasteiger partial charge in [-0.25, -0.2) is 0 Å². The molecule has 3 aromatic heterocycles. The number of hydrogen-bond donors (Lipinski definition) is 0. The minimum atomic E-state index is 1.21. The van der Waals surface area contributed by atoms with Gasteiger partial charge in [0, 0.05) is 46.4 Å². The minimum Gasteiger partial charge on any atom is -0.305 e.